The zero-order chi connectivity index (χ0) is 15.9. The number of carbonyl (C=O) groups is 1. The molecule has 0 spiro atoms. The van der Waals surface area contributed by atoms with Gasteiger partial charge in [0.1, 0.15) is 6.10 Å². The third-order valence-electron chi connectivity index (χ3n) is 3.61. The number of hydrogen-bond donors (Lipinski definition) is 1. The van der Waals surface area contributed by atoms with Crippen LogP contribution in [-0.2, 0) is 11.3 Å². The lowest BCUT2D eigenvalue weighted by atomic mass is 10.2. The lowest BCUT2D eigenvalue weighted by Gasteiger charge is -2.11. The summed E-state index contributed by atoms with van der Waals surface area (Å²) in [6, 6.07) is 3.45. The summed E-state index contributed by atoms with van der Waals surface area (Å²) in [4.78, 5) is 20.2. The summed E-state index contributed by atoms with van der Waals surface area (Å²) in [5.41, 5.74) is 0.530. The Morgan fingerprint density at radius 1 is 1.48 bits per heavy atom. The smallest absolute Gasteiger partial charge is 0.252 e. The summed E-state index contributed by atoms with van der Waals surface area (Å²) in [5.74, 6) is 0.399. The van der Waals surface area contributed by atoms with E-state index in [1.807, 2.05) is 10.8 Å². The molecule has 0 radical (unpaired) electrons. The fraction of sp³-hybridized carbons (Fsp3) is 0.438. The number of rotatable bonds is 7. The van der Waals surface area contributed by atoms with Gasteiger partial charge in [0.05, 0.1) is 25.1 Å². The number of aryl methyl sites for hydroxylation is 1. The molecule has 1 N–H and O–H groups in total. The van der Waals surface area contributed by atoms with Crippen molar-refractivity contribution in [2.24, 2.45) is 0 Å². The van der Waals surface area contributed by atoms with Gasteiger partial charge in [-0.1, -0.05) is 0 Å². The van der Waals surface area contributed by atoms with Gasteiger partial charge in [0.15, 0.2) is 0 Å². The molecule has 1 aliphatic rings. The number of carbonyl (C=O) groups excluding carboxylic acids is 1. The maximum absolute atomic E-state index is 12.0. The molecule has 2 aromatic heterocycles. The maximum atomic E-state index is 12.0. The lowest BCUT2D eigenvalue weighted by Crippen LogP contribution is -2.25. The van der Waals surface area contributed by atoms with E-state index in [-0.39, 0.29) is 12.0 Å². The molecule has 122 valence electrons. The van der Waals surface area contributed by atoms with Gasteiger partial charge in [-0.3, -0.25) is 4.79 Å². The first-order chi connectivity index (χ1) is 11.3. The second kappa shape index (κ2) is 7.73. The number of aromatic nitrogens is 3. The molecular weight excluding hydrogens is 296 g/mol. The molecule has 2 aromatic rings. The zero-order valence-electron chi connectivity index (χ0n) is 12.9. The summed E-state index contributed by atoms with van der Waals surface area (Å²) in [7, 11) is 0. The molecular formula is C16H20N4O3. The van der Waals surface area contributed by atoms with Gasteiger partial charge in [-0.05, 0) is 12.5 Å². The molecule has 1 atom stereocenters. The van der Waals surface area contributed by atoms with Crippen LogP contribution in [0.5, 0.6) is 5.88 Å². The highest BCUT2D eigenvalue weighted by atomic mass is 16.5. The molecule has 7 nitrogen and oxygen atoms in total. The molecule has 0 unspecified atom stereocenters. The van der Waals surface area contributed by atoms with Gasteiger partial charge in [0.2, 0.25) is 5.88 Å². The summed E-state index contributed by atoms with van der Waals surface area (Å²) < 4.78 is 12.9. The molecule has 7 heteroatoms. The Labute approximate surface area is 134 Å². The van der Waals surface area contributed by atoms with Gasteiger partial charge in [-0.15, -0.1) is 0 Å². The fourth-order valence-electron chi connectivity index (χ4n) is 2.35. The maximum Gasteiger partial charge on any atom is 0.252 e. The van der Waals surface area contributed by atoms with E-state index in [9.17, 15) is 4.79 Å². The van der Waals surface area contributed by atoms with E-state index in [2.05, 4.69) is 15.3 Å². The third kappa shape index (κ3) is 4.53. The molecule has 0 saturated carbocycles. The van der Waals surface area contributed by atoms with E-state index in [0.29, 0.717) is 24.6 Å². The van der Waals surface area contributed by atoms with Crippen LogP contribution in [0.25, 0.3) is 0 Å². The van der Waals surface area contributed by atoms with Crippen LogP contribution in [0.3, 0.4) is 0 Å². The van der Waals surface area contributed by atoms with Crippen LogP contribution in [0.15, 0.2) is 37.1 Å². The average molecular weight is 316 g/mol. The highest BCUT2D eigenvalue weighted by Gasteiger charge is 2.17. The van der Waals surface area contributed by atoms with Crippen molar-refractivity contribution in [3.8, 4) is 5.88 Å². The van der Waals surface area contributed by atoms with Crippen molar-refractivity contribution in [1.82, 2.24) is 19.9 Å². The van der Waals surface area contributed by atoms with Crippen LogP contribution in [0.4, 0.5) is 0 Å². The number of ether oxygens (including phenoxy) is 2. The minimum absolute atomic E-state index is 0.0605. The van der Waals surface area contributed by atoms with Gasteiger partial charge < -0.3 is 19.4 Å². The SMILES string of the molecule is O=C(NCCCn1ccnc1)c1ccc(O[C@@H]2CCOC2)nc1. The first-order valence-electron chi connectivity index (χ1n) is 7.75. The first-order valence-corrected chi connectivity index (χ1v) is 7.75. The zero-order valence-corrected chi connectivity index (χ0v) is 12.9. The first kappa shape index (κ1) is 15.5. The van der Waals surface area contributed by atoms with Crippen molar-refractivity contribution in [3.63, 3.8) is 0 Å². The highest BCUT2D eigenvalue weighted by molar-refractivity contribution is 5.93. The Morgan fingerprint density at radius 2 is 2.43 bits per heavy atom. The van der Waals surface area contributed by atoms with Crippen molar-refractivity contribution >= 4 is 5.91 Å². The van der Waals surface area contributed by atoms with Crippen molar-refractivity contribution < 1.29 is 14.3 Å². The van der Waals surface area contributed by atoms with Crippen LogP contribution in [0, 0.1) is 0 Å². The standard InChI is InChI=1S/C16H20N4O3/c21-16(18-5-1-7-20-8-6-17-12-20)13-2-3-15(19-10-13)23-14-4-9-22-11-14/h2-3,6,8,10,12,14H,1,4-5,7,9,11H2,(H,18,21)/t14-/m1/s1. The average Bonchev–Trinajstić information content (AvgIpc) is 3.26. The molecule has 0 aromatic carbocycles. The van der Waals surface area contributed by atoms with E-state index >= 15 is 0 Å². The number of amides is 1. The number of nitrogens with zero attached hydrogens (tertiary/aromatic N) is 3. The van der Waals surface area contributed by atoms with Crippen LogP contribution in [-0.4, -0.2) is 46.3 Å². The second-order valence-corrected chi connectivity index (χ2v) is 5.40. The summed E-state index contributed by atoms with van der Waals surface area (Å²) in [6.45, 7) is 2.76. The van der Waals surface area contributed by atoms with E-state index in [1.165, 1.54) is 6.20 Å². The Morgan fingerprint density at radius 3 is 3.13 bits per heavy atom. The number of hydrogen-bond acceptors (Lipinski definition) is 5. The highest BCUT2D eigenvalue weighted by Crippen LogP contribution is 2.14. The van der Waals surface area contributed by atoms with Gasteiger partial charge in [-0.25, -0.2) is 9.97 Å². The molecule has 1 amide bonds. The quantitative estimate of drug-likeness (QED) is 0.778. The van der Waals surface area contributed by atoms with Crippen molar-refractivity contribution in [3.05, 3.63) is 42.6 Å². The molecule has 1 saturated heterocycles. The molecule has 0 aliphatic carbocycles. The normalized spacial score (nSPS) is 17.1. The van der Waals surface area contributed by atoms with Gasteiger partial charge in [0.25, 0.3) is 5.91 Å². The predicted octanol–water partition coefficient (Wildman–Crippen LogP) is 1.27. The number of nitrogens with one attached hydrogen (secondary N) is 1. The fourth-order valence-corrected chi connectivity index (χ4v) is 2.35. The summed E-state index contributed by atoms with van der Waals surface area (Å²) in [6.07, 6.45) is 8.73. The Bertz CT molecular complexity index is 607. The Kier molecular flexibility index (Phi) is 5.21. The second-order valence-electron chi connectivity index (χ2n) is 5.40. The summed E-state index contributed by atoms with van der Waals surface area (Å²) >= 11 is 0. The minimum atomic E-state index is -0.126. The largest absolute Gasteiger partial charge is 0.472 e. The topological polar surface area (TPSA) is 78.3 Å². The van der Waals surface area contributed by atoms with E-state index in [4.69, 9.17) is 9.47 Å². The number of imidazole rings is 1. The minimum Gasteiger partial charge on any atom is -0.472 e. The summed E-state index contributed by atoms with van der Waals surface area (Å²) in [5, 5.41) is 2.88. The lowest BCUT2D eigenvalue weighted by molar-refractivity contribution is 0.0952. The van der Waals surface area contributed by atoms with Gasteiger partial charge >= 0.3 is 0 Å². The van der Waals surface area contributed by atoms with Crippen molar-refractivity contribution in [1.29, 1.82) is 0 Å². The van der Waals surface area contributed by atoms with Gasteiger partial charge in [-0.2, -0.15) is 0 Å². The Balaban J connectivity index is 1.41. The Hall–Kier alpha value is -2.41. The molecule has 1 aliphatic heterocycles. The van der Waals surface area contributed by atoms with E-state index < -0.39 is 0 Å². The molecule has 23 heavy (non-hydrogen) atoms. The van der Waals surface area contributed by atoms with Crippen molar-refractivity contribution in [2.75, 3.05) is 19.8 Å². The van der Waals surface area contributed by atoms with E-state index in [0.717, 1.165) is 26.0 Å². The third-order valence-corrected chi connectivity index (χ3v) is 3.61. The predicted molar refractivity (Wildman–Crippen MR) is 83.3 cm³/mol. The van der Waals surface area contributed by atoms with Gasteiger partial charge in [0, 0.05) is 44.2 Å². The van der Waals surface area contributed by atoms with Crippen LogP contribution in [0.2, 0.25) is 0 Å². The van der Waals surface area contributed by atoms with Crippen LogP contribution >= 0.6 is 0 Å². The van der Waals surface area contributed by atoms with E-state index in [1.54, 1.807) is 24.7 Å². The van der Waals surface area contributed by atoms with Crippen LogP contribution < -0.4 is 10.1 Å². The number of pyridine rings is 1. The van der Waals surface area contributed by atoms with Crippen molar-refractivity contribution in [2.45, 2.75) is 25.5 Å². The molecule has 0 bridgehead atoms. The van der Waals surface area contributed by atoms with Crippen LogP contribution in [0.1, 0.15) is 23.2 Å². The molecule has 3 heterocycles. The monoisotopic (exact) mass is 316 g/mol. The molecule has 3 rings (SSSR count). The molecule has 1 fully saturated rings.